The summed E-state index contributed by atoms with van der Waals surface area (Å²) < 4.78 is 0. The number of rotatable bonds is 7. The normalized spacial score (nSPS) is 15.2. The van der Waals surface area contributed by atoms with E-state index in [1.165, 1.54) is 17.5 Å². The first-order valence-corrected chi connectivity index (χ1v) is 9.70. The predicted octanol–water partition coefficient (Wildman–Crippen LogP) is 5.91. The minimum absolute atomic E-state index is 0.0219. The second-order valence-electron chi connectivity index (χ2n) is 6.99. The summed E-state index contributed by atoms with van der Waals surface area (Å²) in [6.45, 7) is 6.69. The van der Waals surface area contributed by atoms with Gasteiger partial charge in [-0.1, -0.05) is 57.5 Å². The van der Waals surface area contributed by atoms with Crippen LogP contribution in [0.2, 0.25) is 0 Å². The van der Waals surface area contributed by atoms with Crippen LogP contribution in [0.15, 0.2) is 58.6 Å². The molecule has 3 rings (SSSR count). The number of hydrazone groups is 1. The molecule has 0 N–H and O–H groups in total. The van der Waals surface area contributed by atoms with Crippen molar-refractivity contribution >= 4 is 23.3 Å². The van der Waals surface area contributed by atoms with Crippen LogP contribution in [0.4, 0.5) is 11.4 Å². The Bertz CT molecular complexity index is 798. The first kappa shape index (κ1) is 18.4. The molecule has 3 heteroatoms. The van der Waals surface area contributed by atoms with Crippen LogP contribution in [-0.2, 0) is 11.8 Å². The fourth-order valence-corrected chi connectivity index (χ4v) is 3.87. The summed E-state index contributed by atoms with van der Waals surface area (Å²) in [4.78, 5) is 4.89. The van der Waals surface area contributed by atoms with Crippen LogP contribution in [-0.4, -0.2) is 19.0 Å². The van der Waals surface area contributed by atoms with Gasteiger partial charge in [-0.25, -0.2) is 0 Å². The fraction of sp³-hybridized carbons (Fsp3) is 0.391. The van der Waals surface area contributed by atoms with Crippen LogP contribution in [0.3, 0.4) is 0 Å². The minimum atomic E-state index is -0.0219. The van der Waals surface area contributed by atoms with Gasteiger partial charge in [-0.3, -0.25) is 10.0 Å². The second kappa shape index (κ2) is 7.86. The third kappa shape index (κ3) is 3.31. The highest BCUT2D eigenvalue weighted by molar-refractivity contribution is 6.37. The van der Waals surface area contributed by atoms with Gasteiger partial charge in [0.1, 0.15) is 0 Å². The van der Waals surface area contributed by atoms with Crippen molar-refractivity contribution in [3.05, 3.63) is 59.7 Å². The number of aryl methyl sites for hydroxylation is 1. The van der Waals surface area contributed by atoms with Crippen molar-refractivity contribution in [1.29, 1.82) is 0 Å². The van der Waals surface area contributed by atoms with Gasteiger partial charge in [0.25, 0.3) is 0 Å². The SMILES string of the molecule is CCCc1ccc(N(C)/N=C/C2=Nc3ccccc3C2(CC)CC)cc1. The molecular weight excluding hydrogens is 318 g/mol. The maximum Gasteiger partial charge on any atom is 0.0717 e. The molecule has 1 aliphatic heterocycles. The number of nitrogens with zero attached hydrogens (tertiary/aromatic N) is 3. The van der Waals surface area contributed by atoms with Crippen molar-refractivity contribution in [3.63, 3.8) is 0 Å². The summed E-state index contributed by atoms with van der Waals surface area (Å²) in [5.74, 6) is 0. The Morgan fingerprint density at radius 1 is 1.00 bits per heavy atom. The highest BCUT2D eigenvalue weighted by Crippen LogP contribution is 2.44. The monoisotopic (exact) mass is 347 g/mol. The lowest BCUT2D eigenvalue weighted by atomic mass is 9.73. The maximum absolute atomic E-state index is 4.89. The largest absolute Gasteiger partial charge is 0.269 e. The van der Waals surface area contributed by atoms with Gasteiger partial charge in [0, 0.05) is 12.5 Å². The van der Waals surface area contributed by atoms with E-state index in [-0.39, 0.29) is 5.41 Å². The van der Waals surface area contributed by atoms with Gasteiger partial charge >= 0.3 is 0 Å². The molecule has 0 amide bonds. The molecule has 2 aromatic rings. The van der Waals surface area contributed by atoms with Gasteiger partial charge in [0.2, 0.25) is 0 Å². The lowest BCUT2D eigenvalue weighted by molar-refractivity contribution is 0.549. The minimum Gasteiger partial charge on any atom is -0.269 e. The average Bonchev–Trinajstić information content (AvgIpc) is 3.00. The molecule has 2 aromatic carbocycles. The highest BCUT2D eigenvalue weighted by atomic mass is 15.4. The van der Waals surface area contributed by atoms with E-state index in [1.807, 2.05) is 18.3 Å². The van der Waals surface area contributed by atoms with Crippen molar-refractivity contribution in [1.82, 2.24) is 0 Å². The van der Waals surface area contributed by atoms with Crippen molar-refractivity contribution < 1.29 is 0 Å². The summed E-state index contributed by atoms with van der Waals surface area (Å²) in [6, 6.07) is 17.1. The molecule has 3 nitrogen and oxygen atoms in total. The third-order valence-corrected chi connectivity index (χ3v) is 5.56. The predicted molar refractivity (Wildman–Crippen MR) is 113 cm³/mol. The molecule has 0 atom stereocenters. The third-order valence-electron chi connectivity index (χ3n) is 5.56. The summed E-state index contributed by atoms with van der Waals surface area (Å²) in [7, 11) is 1.99. The summed E-state index contributed by atoms with van der Waals surface area (Å²) in [5.41, 5.74) is 5.93. The van der Waals surface area contributed by atoms with E-state index < -0.39 is 0 Å². The van der Waals surface area contributed by atoms with E-state index in [0.29, 0.717) is 0 Å². The lowest BCUT2D eigenvalue weighted by Gasteiger charge is -2.28. The zero-order chi connectivity index (χ0) is 18.6. The number of hydrogen-bond acceptors (Lipinski definition) is 3. The van der Waals surface area contributed by atoms with Gasteiger partial charge in [-0.2, -0.15) is 5.10 Å². The van der Waals surface area contributed by atoms with Crippen LogP contribution in [0.25, 0.3) is 0 Å². The number of hydrogen-bond donors (Lipinski definition) is 0. The molecule has 0 saturated carbocycles. The van der Waals surface area contributed by atoms with E-state index in [1.54, 1.807) is 0 Å². The smallest absolute Gasteiger partial charge is 0.0717 e. The number of para-hydroxylation sites is 1. The Kier molecular flexibility index (Phi) is 5.55. The topological polar surface area (TPSA) is 28.0 Å². The quantitative estimate of drug-likeness (QED) is 0.452. The van der Waals surface area contributed by atoms with Gasteiger partial charge in [0.15, 0.2) is 0 Å². The molecular formula is C23H29N3. The Morgan fingerprint density at radius 2 is 1.69 bits per heavy atom. The van der Waals surface area contributed by atoms with E-state index in [2.05, 4.69) is 69.3 Å². The molecule has 0 aromatic heterocycles. The van der Waals surface area contributed by atoms with Crippen LogP contribution in [0.5, 0.6) is 0 Å². The molecule has 1 heterocycles. The molecule has 0 radical (unpaired) electrons. The zero-order valence-corrected chi connectivity index (χ0v) is 16.4. The molecule has 0 spiro atoms. The van der Waals surface area contributed by atoms with Crippen molar-refractivity contribution in [2.45, 2.75) is 51.9 Å². The number of anilines is 1. The van der Waals surface area contributed by atoms with Gasteiger partial charge < -0.3 is 0 Å². The van der Waals surface area contributed by atoms with Crippen molar-refractivity contribution in [3.8, 4) is 0 Å². The maximum atomic E-state index is 4.89. The van der Waals surface area contributed by atoms with Crippen LogP contribution < -0.4 is 5.01 Å². The van der Waals surface area contributed by atoms with Crippen LogP contribution >= 0.6 is 0 Å². The van der Waals surface area contributed by atoms with E-state index >= 15 is 0 Å². The molecule has 0 aliphatic carbocycles. The van der Waals surface area contributed by atoms with Crippen molar-refractivity contribution in [2.24, 2.45) is 10.1 Å². The molecule has 0 fully saturated rings. The van der Waals surface area contributed by atoms with Crippen molar-refractivity contribution in [2.75, 3.05) is 12.1 Å². The summed E-state index contributed by atoms with van der Waals surface area (Å²) >= 11 is 0. The molecule has 0 saturated heterocycles. The van der Waals surface area contributed by atoms with Crippen LogP contribution in [0, 0.1) is 0 Å². The number of aliphatic imine (C=N–C) groups is 1. The van der Waals surface area contributed by atoms with E-state index in [0.717, 1.165) is 36.3 Å². The second-order valence-corrected chi connectivity index (χ2v) is 6.99. The zero-order valence-electron chi connectivity index (χ0n) is 16.4. The Morgan fingerprint density at radius 3 is 2.35 bits per heavy atom. The Balaban J connectivity index is 1.83. The summed E-state index contributed by atoms with van der Waals surface area (Å²) in [5, 5.41) is 6.63. The molecule has 0 unspecified atom stereocenters. The Hall–Kier alpha value is -2.42. The molecule has 26 heavy (non-hydrogen) atoms. The number of benzene rings is 2. The highest BCUT2D eigenvalue weighted by Gasteiger charge is 2.39. The lowest BCUT2D eigenvalue weighted by Crippen LogP contribution is -2.33. The Labute approximate surface area is 157 Å². The first-order chi connectivity index (χ1) is 12.6. The standard InChI is InChI=1S/C23H29N3/c1-5-10-18-13-15-19(16-14-18)26(4)24-17-22-23(6-2,7-3)20-11-8-9-12-21(20)25-22/h8-9,11-17H,5-7,10H2,1-4H3/b24-17+. The number of fused-ring (bicyclic) bond motifs is 1. The van der Waals surface area contributed by atoms with E-state index in [4.69, 9.17) is 10.1 Å². The molecule has 0 bridgehead atoms. The van der Waals surface area contributed by atoms with Gasteiger partial charge in [0.05, 0.1) is 23.3 Å². The van der Waals surface area contributed by atoms with E-state index in [9.17, 15) is 0 Å². The van der Waals surface area contributed by atoms with Crippen LogP contribution in [0.1, 0.15) is 51.2 Å². The molecule has 1 aliphatic rings. The fourth-order valence-electron chi connectivity index (χ4n) is 3.87. The van der Waals surface area contributed by atoms with Gasteiger partial charge in [-0.15, -0.1) is 0 Å². The molecule has 136 valence electrons. The van der Waals surface area contributed by atoms with Gasteiger partial charge in [-0.05, 0) is 48.6 Å². The average molecular weight is 348 g/mol. The summed E-state index contributed by atoms with van der Waals surface area (Å²) in [6.07, 6.45) is 6.30. The first-order valence-electron chi connectivity index (χ1n) is 9.70.